The molecule has 0 aromatic heterocycles. The monoisotopic (exact) mass is 285 g/mol. The van der Waals surface area contributed by atoms with Crippen molar-refractivity contribution in [1.82, 2.24) is 0 Å². The largest absolute Gasteiger partial charge is 0.465 e. The quantitative estimate of drug-likeness (QED) is 0.846. The first-order valence-corrected chi connectivity index (χ1v) is 7.08. The van der Waals surface area contributed by atoms with Crippen molar-refractivity contribution in [2.45, 2.75) is 25.4 Å². The van der Waals surface area contributed by atoms with Gasteiger partial charge in [-0.3, -0.25) is 0 Å². The summed E-state index contributed by atoms with van der Waals surface area (Å²) in [5, 5.41) is 3.28. The van der Waals surface area contributed by atoms with Gasteiger partial charge in [-0.25, -0.2) is 4.79 Å². The highest BCUT2D eigenvalue weighted by Gasteiger charge is 2.30. The maximum Gasteiger partial charge on any atom is 0.339 e. The van der Waals surface area contributed by atoms with E-state index >= 15 is 0 Å². The molecule has 1 aromatic rings. The highest BCUT2D eigenvalue weighted by molar-refractivity contribution is 6.01. The van der Waals surface area contributed by atoms with Gasteiger partial charge in [-0.1, -0.05) is 18.7 Å². The number of esters is 1. The maximum atomic E-state index is 11.9. The molecule has 0 amide bonds. The average molecular weight is 285 g/mol. The molecule has 3 rings (SSSR count). The summed E-state index contributed by atoms with van der Waals surface area (Å²) in [7, 11) is 3.15. The van der Waals surface area contributed by atoms with Crippen LogP contribution >= 0.6 is 0 Å². The highest BCUT2D eigenvalue weighted by atomic mass is 16.5. The zero-order valence-corrected chi connectivity index (χ0v) is 12.4. The molecule has 1 atom stereocenters. The number of methoxy groups -OCH3 is 2. The molecule has 1 aliphatic heterocycles. The topological polar surface area (TPSA) is 47.6 Å². The summed E-state index contributed by atoms with van der Waals surface area (Å²) in [6.45, 7) is 4.12. The molecule has 0 saturated carbocycles. The Kier molecular flexibility index (Phi) is 3.55. The van der Waals surface area contributed by atoms with Crippen molar-refractivity contribution in [1.29, 1.82) is 0 Å². The third kappa shape index (κ3) is 2.25. The molecule has 1 aliphatic carbocycles. The van der Waals surface area contributed by atoms with E-state index in [2.05, 4.69) is 11.9 Å². The van der Waals surface area contributed by atoms with Crippen LogP contribution in [0.4, 0.5) is 5.69 Å². The van der Waals surface area contributed by atoms with E-state index in [9.17, 15) is 4.79 Å². The first-order chi connectivity index (χ1) is 10.2. The molecule has 4 heteroatoms. The molecule has 1 N–H and O–H groups in total. The van der Waals surface area contributed by atoms with Crippen LogP contribution in [-0.4, -0.2) is 26.3 Å². The third-order valence-electron chi connectivity index (χ3n) is 4.28. The van der Waals surface area contributed by atoms with Crippen molar-refractivity contribution >= 4 is 17.2 Å². The van der Waals surface area contributed by atoms with Crippen molar-refractivity contribution in [3.63, 3.8) is 0 Å². The second kappa shape index (κ2) is 5.37. The van der Waals surface area contributed by atoms with E-state index in [4.69, 9.17) is 9.47 Å². The van der Waals surface area contributed by atoms with Crippen LogP contribution in [0.15, 0.2) is 36.0 Å². The summed E-state index contributed by atoms with van der Waals surface area (Å²) in [4.78, 5) is 11.9. The van der Waals surface area contributed by atoms with Gasteiger partial charge in [0.25, 0.3) is 0 Å². The van der Waals surface area contributed by atoms with Crippen LogP contribution in [-0.2, 0) is 9.47 Å². The van der Waals surface area contributed by atoms with Crippen molar-refractivity contribution in [3.8, 4) is 0 Å². The third-order valence-corrected chi connectivity index (χ3v) is 4.28. The van der Waals surface area contributed by atoms with Crippen molar-refractivity contribution in [2.24, 2.45) is 0 Å². The fourth-order valence-corrected chi connectivity index (χ4v) is 3.16. The molecule has 21 heavy (non-hydrogen) atoms. The molecular weight excluding hydrogens is 266 g/mol. The number of hydrogen-bond acceptors (Lipinski definition) is 4. The lowest BCUT2D eigenvalue weighted by Crippen LogP contribution is -2.24. The first-order valence-electron chi connectivity index (χ1n) is 7.08. The van der Waals surface area contributed by atoms with Gasteiger partial charge in [0.2, 0.25) is 0 Å². The van der Waals surface area contributed by atoms with Crippen LogP contribution in [0, 0.1) is 0 Å². The van der Waals surface area contributed by atoms with Gasteiger partial charge in [-0.05, 0) is 30.1 Å². The Labute approximate surface area is 124 Å². The first kappa shape index (κ1) is 13.9. The molecule has 0 bridgehead atoms. The SMILES string of the molecule is C=C1Nc2c(C(=O)OC)cccc2C2=C1CC(OC)CC2. The molecule has 0 radical (unpaired) electrons. The predicted octanol–water partition coefficient (Wildman–Crippen LogP) is 3.36. The predicted molar refractivity (Wildman–Crippen MR) is 82.1 cm³/mol. The minimum Gasteiger partial charge on any atom is -0.465 e. The number of rotatable bonds is 2. The molecule has 4 nitrogen and oxygen atoms in total. The fraction of sp³-hybridized carbons (Fsp3) is 0.353. The lowest BCUT2D eigenvalue weighted by molar-refractivity contribution is 0.0601. The van der Waals surface area contributed by atoms with Gasteiger partial charge in [-0.15, -0.1) is 0 Å². The number of nitrogens with one attached hydrogen (secondary N) is 1. The molecule has 2 aliphatic rings. The number of allylic oxidation sites excluding steroid dienone is 2. The van der Waals surface area contributed by atoms with Crippen molar-refractivity contribution < 1.29 is 14.3 Å². The smallest absolute Gasteiger partial charge is 0.339 e. The second-order valence-electron chi connectivity index (χ2n) is 5.38. The van der Waals surface area contributed by atoms with Crippen molar-refractivity contribution in [3.05, 3.63) is 47.2 Å². The van der Waals surface area contributed by atoms with Gasteiger partial charge in [0.15, 0.2) is 0 Å². The lowest BCUT2D eigenvalue weighted by atomic mass is 9.81. The summed E-state index contributed by atoms with van der Waals surface area (Å²) in [5.74, 6) is -0.332. The van der Waals surface area contributed by atoms with E-state index in [1.807, 2.05) is 12.1 Å². The molecular formula is C17H19NO3. The number of benzene rings is 1. The van der Waals surface area contributed by atoms with E-state index in [1.165, 1.54) is 18.3 Å². The summed E-state index contributed by atoms with van der Waals surface area (Å²) >= 11 is 0. The van der Waals surface area contributed by atoms with Gasteiger partial charge >= 0.3 is 5.97 Å². The van der Waals surface area contributed by atoms with Crippen LogP contribution in [0.3, 0.4) is 0 Å². The van der Waals surface area contributed by atoms with Crippen LogP contribution < -0.4 is 5.32 Å². The van der Waals surface area contributed by atoms with Crippen LogP contribution in [0.1, 0.15) is 35.2 Å². The van der Waals surface area contributed by atoms with E-state index < -0.39 is 0 Å². The zero-order chi connectivity index (χ0) is 15.0. The molecule has 110 valence electrons. The number of hydrogen-bond donors (Lipinski definition) is 1. The Morgan fingerprint density at radius 1 is 1.33 bits per heavy atom. The lowest BCUT2D eigenvalue weighted by Gasteiger charge is -2.33. The molecule has 1 aromatic carbocycles. The molecule has 0 saturated heterocycles. The summed E-state index contributed by atoms with van der Waals surface area (Å²) < 4.78 is 10.3. The minimum atomic E-state index is -0.332. The normalized spacial score (nSPS) is 20.5. The molecule has 0 fully saturated rings. The van der Waals surface area contributed by atoms with Gasteiger partial charge < -0.3 is 14.8 Å². The van der Waals surface area contributed by atoms with Crippen molar-refractivity contribution in [2.75, 3.05) is 19.5 Å². The zero-order valence-electron chi connectivity index (χ0n) is 12.4. The summed E-state index contributed by atoms with van der Waals surface area (Å²) in [6, 6.07) is 5.72. The van der Waals surface area contributed by atoms with Gasteiger partial charge in [-0.2, -0.15) is 0 Å². The standard InChI is InChI=1S/C17H19NO3/c1-10-15-9-11(20-2)7-8-12(15)13-5-4-6-14(16(13)18-10)17(19)21-3/h4-6,11,18H,1,7-9H2,2-3H3. The molecule has 1 heterocycles. The average Bonchev–Trinajstić information content (AvgIpc) is 2.53. The number of carbonyl (C=O) groups is 1. The van der Waals surface area contributed by atoms with Crippen LogP contribution in [0.25, 0.3) is 5.57 Å². The van der Waals surface area contributed by atoms with E-state index in [1.54, 1.807) is 13.2 Å². The van der Waals surface area contributed by atoms with Gasteiger partial charge in [0.1, 0.15) is 0 Å². The Morgan fingerprint density at radius 2 is 2.14 bits per heavy atom. The summed E-state index contributed by atoms with van der Waals surface area (Å²) in [5.41, 5.74) is 5.78. The van der Waals surface area contributed by atoms with Crippen LogP contribution in [0.2, 0.25) is 0 Å². The Balaban J connectivity index is 2.11. The Bertz CT molecular complexity index is 645. The van der Waals surface area contributed by atoms with E-state index in [-0.39, 0.29) is 12.1 Å². The maximum absolute atomic E-state index is 11.9. The van der Waals surface area contributed by atoms with Crippen LogP contribution in [0.5, 0.6) is 0 Å². The van der Waals surface area contributed by atoms with Gasteiger partial charge in [0, 0.05) is 24.8 Å². The number of ether oxygens (including phenoxy) is 2. The molecule has 1 unspecified atom stereocenters. The van der Waals surface area contributed by atoms with E-state index in [0.717, 1.165) is 36.2 Å². The number of anilines is 1. The fourth-order valence-electron chi connectivity index (χ4n) is 3.16. The van der Waals surface area contributed by atoms with Gasteiger partial charge in [0.05, 0.1) is 24.5 Å². The summed E-state index contributed by atoms with van der Waals surface area (Å²) in [6.07, 6.45) is 3.03. The van der Waals surface area contributed by atoms with E-state index in [0.29, 0.717) is 5.56 Å². The number of fused-ring (bicyclic) bond motifs is 2. The second-order valence-corrected chi connectivity index (χ2v) is 5.38. The number of para-hydroxylation sites is 1. The molecule has 0 spiro atoms. The number of carbonyl (C=O) groups excluding carboxylic acids is 1. The minimum absolute atomic E-state index is 0.243. The highest BCUT2D eigenvalue weighted by Crippen LogP contribution is 2.44. The Hall–Kier alpha value is -2.07. The Morgan fingerprint density at radius 3 is 2.86 bits per heavy atom.